The van der Waals surface area contributed by atoms with Gasteiger partial charge in [-0.2, -0.15) is 0 Å². The summed E-state index contributed by atoms with van der Waals surface area (Å²) in [6.07, 6.45) is 2.29. The van der Waals surface area contributed by atoms with Crippen LogP contribution < -0.4 is 0 Å². The summed E-state index contributed by atoms with van der Waals surface area (Å²) in [5.74, 6) is 0. The van der Waals surface area contributed by atoms with Gasteiger partial charge in [0, 0.05) is 7.11 Å². The lowest BCUT2D eigenvalue weighted by Crippen LogP contribution is -2.36. The van der Waals surface area contributed by atoms with Crippen molar-refractivity contribution in [3.05, 3.63) is 35.4 Å². The molecule has 2 rings (SSSR count). The van der Waals surface area contributed by atoms with Crippen molar-refractivity contribution in [2.45, 2.75) is 44.6 Å². The Hall–Kier alpha value is -0.820. The first-order chi connectivity index (χ1) is 6.99. The minimum atomic E-state index is -0.0912. The molecular formula is C14H20O. The van der Waals surface area contributed by atoms with Crippen LogP contribution in [0.2, 0.25) is 0 Å². The third kappa shape index (κ3) is 1.59. The Kier molecular flexibility index (Phi) is 2.38. The van der Waals surface area contributed by atoms with Gasteiger partial charge >= 0.3 is 0 Å². The molecule has 15 heavy (non-hydrogen) atoms. The zero-order valence-electron chi connectivity index (χ0n) is 10.1. The molecule has 1 aromatic carbocycles. The van der Waals surface area contributed by atoms with Crippen molar-refractivity contribution < 1.29 is 4.74 Å². The van der Waals surface area contributed by atoms with E-state index in [1.165, 1.54) is 17.5 Å². The highest BCUT2D eigenvalue weighted by Crippen LogP contribution is 2.45. The number of hydrogen-bond donors (Lipinski definition) is 0. The fourth-order valence-corrected chi connectivity index (χ4v) is 2.57. The second-order valence-electron chi connectivity index (χ2n) is 5.36. The quantitative estimate of drug-likeness (QED) is 0.679. The van der Waals surface area contributed by atoms with Crippen molar-refractivity contribution in [1.82, 2.24) is 0 Å². The number of fused-ring (bicyclic) bond motifs is 1. The summed E-state index contributed by atoms with van der Waals surface area (Å²) in [6.45, 7) is 6.84. The van der Waals surface area contributed by atoms with Crippen LogP contribution in [0.5, 0.6) is 0 Å². The number of methoxy groups -OCH3 is 1. The van der Waals surface area contributed by atoms with Crippen LogP contribution in [0.3, 0.4) is 0 Å². The molecule has 82 valence electrons. The molecule has 0 saturated heterocycles. The van der Waals surface area contributed by atoms with Gasteiger partial charge in [-0.1, -0.05) is 38.1 Å². The first kappa shape index (κ1) is 10.7. The topological polar surface area (TPSA) is 9.23 Å². The molecule has 0 N–H and O–H groups in total. The van der Waals surface area contributed by atoms with E-state index in [2.05, 4.69) is 45.0 Å². The molecule has 1 unspecified atom stereocenters. The highest BCUT2D eigenvalue weighted by Gasteiger charge is 2.39. The Morgan fingerprint density at radius 3 is 2.20 bits per heavy atom. The molecule has 0 fully saturated rings. The second-order valence-corrected chi connectivity index (χ2v) is 5.36. The molecule has 1 heteroatoms. The summed E-state index contributed by atoms with van der Waals surface area (Å²) in [5.41, 5.74) is 3.00. The van der Waals surface area contributed by atoms with E-state index in [1.54, 1.807) is 0 Å². The molecule has 1 aliphatic rings. The first-order valence-electron chi connectivity index (χ1n) is 5.65. The summed E-state index contributed by atoms with van der Waals surface area (Å²) < 4.78 is 5.70. The average molecular weight is 204 g/mol. The Balaban J connectivity index is 2.59. The van der Waals surface area contributed by atoms with E-state index in [0.29, 0.717) is 0 Å². The van der Waals surface area contributed by atoms with Crippen molar-refractivity contribution in [2.24, 2.45) is 0 Å². The lowest BCUT2D eigenvalue weighted by molar-refractivity contribution is -0.0202. The van der Waals surface area contributed by atoms with Crippen molar-refractivity contribution in [2.75, 3.05) is 7.11 Å². The Bertz CT molecular complexity index is 367. The largest absolute Gasteiger partial charge is 0.374 e. The lowest BCUT2D eigenvalue weighted by atomic mass is 9.67. The molecule has 0 aromatic heterocycles. The smallest absolute Gasteiger partial charge is 0.0902 e. The van der Waals surface area contributed by atoms with E-state index < -0.39 is 0 Å². The summed E-state index contributed by atoms with van der Waals surface area (Å²) in [5, 5.41) is 0. The molecule has 0 spiro atoms. The second kappa shape index (κ2) is 3.34. The molecule has 1 atom stereocenters. The van der Waals surface area contributed by atoms with E-state index in [-0.39, 0.29) is 11.0 Å². The Morgan fingerprint density at radius 1 is 1.00 bits per heavy atom. The fraction of sp³-hybridized carbons (Fsp3) is 0.571. The Morgan fingerprint density at radius 2 is 1.60 bits per heavy atom. The third-order valence-corrected chi connectivity index (χ3v) is 3.90. The number of hydrogen-bond acceptors (Lipinski definition) is 1. The molecule has 0 bridgehead atoms. The van der Waals surface area contributed by atoms with Crippen molar-refractivity contribution >= 4 is 0 Å². The van der Waals surface area contributed by atoms with Crippen LogP contribution in [0.1, 0.15) is 44.7 Å². The minimum Gasteiger partial charge on any atom is -0.374 e. The first-order valence-corrected chi connectivity index (χ1v) is 5.65. The Labute approximate surface area is 92.5 Å². The highest BCUT2D eigenvalue weighted by atomic mass is 16.5. The zero-order valence-corrected chi connectivity index (χ0v) is 10.1. The third-order valence-electron chi connectivity index (χ3n) is 3.90. The monoisotopic (exact) mass is 204 g/mol. The summed E-state index contributed by atoms with van der Waals surface area (Å²) in [6, 6.07) is 8.69. The molecule has 0 heterocycles. The normalized spacial score (nSPS) is 28.5. The van der Waals surface area contributed by atoms with Crippen LogP contribution in [-0.4, -0.2) is 7.11 Å². The maximum Gasteiger partial charge on any atom is 0.0902 e. The lowest BCUT2D eigenvalue weighted by Gasteiger charge is -2.42. The van der Waals surface area contributed by atoms with Gasteiger partial charge in [-0.05, 0) is 36.3 Å². The van der Waals surface area contributed by atoms with E-state index in [4.69, 9.17) is 4.74 Å². The summed E-state index contributed by atoms with van der Waals surface area (Å²) in [4.78, 5) is 0. The van der Waals surface area contributed by atoms with Gasteiger partial charge in [0.05, 0.1) is 5.60 Å². The maximum absolute atomic E-state index is 5.70. The average Bonchev–Trinajstić information content (AvgIpc) is 2.25. The van der Waals surface area contributed by atoms with Crippen LogP contribution in [0.4, 0.5) is 0 Å². The van der Waals surface area contributed by atoms with Gasteiger partial charge in [-0.25, -0.2) is 0 Å². The van der Waals surface area contributed by atoms with Crippen molar-refractivity contribution in [3.63, 3.8) is 0 Å². The van der Waals surface area contributed by atoms with Crippen LogP contribution in [0.25, 0.3) is 0 Å². The number of rotatable bonds is 1. The van der Waals surface area contributed by atoms with Gasteiger partial charge in [-0.3, -0.25) is 0 Å². The molecule has 1 aromatic rings. The van der Waals surface area contributed by atoms with Crippen LogP contribution in [-0.2, 0) is 15.8 Å². The van der Waals surface area contributed by atoms with Crippen LogP contribution in [0, 0.1) is 0 Å². The van der Waals surface area contributed by atoms with Crippen LogP contribution >= 0.6 is 0 Å². The van der Waals surface area contributed by atoms with Crippen molar-refractivity contribution in [3.8, 4) is 0 Å². The standard InChI is InChI=1S/C14H20O/c1-13(2)9-10-14(3,15-4)12-8-6-5-7-11(12)13/h5-8H,9-10H2,1-4H3. The number of benzene rings is 1. The van der Waals surface area contributed by atoms with Gasteiger partial charge < -0.3 is 4.74 Å². The summed E-state index contributed by atoms with van der Waals surface area (Å²) >= 11 is 0. The van der Waals surface area contributed by atoms with Crippen LogP contribution in [0.15, 0.2) is 24.3 Å². The molecule has 0 amide bonds. The van der Waals surface area contributed by atoms with E-state index in [1.807, 2.05) is 7.11 Å². The van der Waals surface area contributed by atoms with E-state index in [9.17, 15) is 0 Å². The molecule has 0 aliphatic heterocycles. The minimum absolute atomic E-state index is 0.0912. The van der Waals surface area contributed by atoms with E-state index in [0.717, 1.165) is 6.42 Å². The highest BCUT2D eigenvalue weighted by molar-refractivity contribution is 5.39. The molecule has 0 radical (unpaired) electrons. The maximum atomic E-state index is 5.70. The molecule has 1 aliphatic carbocycles. The zero-order chi connectivity index (χ0) is 11.1. The van der Waals surface area contributed by atoms with E-state index >= 15 is 0 Å². The molecule has 1 nitrogen and oxygen atoms in total. The van der Waals surface area contributed by atoms with Gasteiger partial charge in [0.1, 0.15) is 0 Å². The van der Waals surface area contributed by atoms with Gasteiger partial charge in [0.15, 0.2) is 0 Å². The predicted molar refractivity (Wildman–Crippen MR) is 63.1 cm³/mol. The summed E-state index contributed by atoms with van der Waals surface area (Å²) in [7, 11) is 1.81. The number of ether oxygens (including phenoxy) is 1. The molecule has 0 saturated carbocycles. The van der Waals surface area contributed by atoms with Crippen molar-refractivity contribution in [1.29, 1.82) is 0 Å². The van der Waals surface area contributed by atoms with Gasteiger partial charge in [-0.15, -0.1) is 0 Å². The van der Waals surface area contributed by atoms with Gasteiger partial charge in [0.2, 0.25) is 0 Å². The SMILES string of the molecule is COC1(C)CCC(C)(C)c2ccccc21. The predicted octanol–water partition coefficient (Wildman–Crippen LogP) is 3.62. The molecular weight excluding hydrogens is 184 g/mol. The van der Waals surface area contributed by atoms with Gasteiger partial charge in [0.25, 0.3) is 0 Å². The fourth-order valence-electron chi connectivity index (χ4n) is 2.57.